The molecule has 246 valence electrons. The third-order valence-electron chi connectivity index (χ3n) is 8.25. The van der Waals surface area contributed by atoms with Crippen molar-refractivity contribution in [3.63, 3.8) is 0 Å². The summed E-state index contributed by atoms with van der Waals surface area (Å²) in [5.74, 6) is 0.0983. The summed E-state index contributed by atoms with van der Waals surface area (Å²) in [5.41, 5.74) is 3.39. The number of hydrogen-bond acceptors (Lipinski definition) is 7. The molecule has 3 aromatic carbocycles. The van der Waals surface area contributed by atoms with Gasteiger partial charge in [0.2, 0.25) is 5.91 Å². The minimum atomic E-state index is -0.390. The number of ether oxygens (including phenoxy) is 2. The average molecular weight is 631 g/mol. The summed E-state index contributed by atoms with van der Waals surface area (Å²) >= 11 is 0. The van der Waals surface area contributed by atoms with Crippen molar-refractivity contribution >= 4 is 29.1 Å². The van der Waals surface area contributed by atoms with Crippen LogP contribution < -0.4 is 15.4 Å². The van der Waals surface area contributed by atoms with Gasteiger partial charge in [-0.15, -0.1) is 0 Å². The Morgan fingerprint density at radius 3 is 2.28 bits per heavy atom. The molecule has 0 spiro atoms. The van der Waals surface area contributed by atoms with E-state index < -0.39 is 0 Å². The zero-order chi connectivity index (χ0) is 33.1. The van der Waals surface area contributed by atoms with E-state index in [0.717, 1.165) is 50.8 Å². The Morgan fingerprint density at radius 1 is 0.891 bits per heavy atom. The average Bonchev–Trinajstić information content (AvgIpc) is 3.04. The van der Waals surface area contributed by atoms with E-state index in [1.165, 1.54) is 19.2 Å². The van der Waals surface area contributed by atoms with Crippen LogP contribution >= 0.6 is 0 Å². The molecule has 3 aromatic rings. The second kappa shape index (κ2) is 16.8. The molecule has 3 amide bonds. The molecule has 1 saturated heterocycles. The number of nitrogens with one attached hydrogen (secondary N) is 2. The van der Waals surface area contributed by atoms with Crippen molar-refractivity contribution in [1.29, 1.82) is 0 Å². The molecule has 0 atom stereocenters. The van der Waals surface area contributed by atoms with Crippen LogP contribution in [-0.2, 0) is 16.1 Å². The standard InChI is InChI=1S/C36H46N4O6/c1-25-12-14-32(33(21-25)46-20-7-5-6-11-34(42)40-18-16-29(17-19-40)39(2)3)38-36(44)27-13-15-31(28(22-27)24-45-4)37-35(43)26-9-8-10-30(41)23-26/h8-10,12-15,21-23,29,41H,5-7,11,16-20,24H2,1-4H3,(H,37,43)(H,38,44). The maximum Gasteiger partial charge on any atom is 0.255 e. The quantitative estimate of drug-likeness (QED) is 0.191. The Labute approximate surface area is 271 Å². The largest absolute Gasteiger partial charge is 0.508 e. The molecule has 1 fully saturated rings. The van der Waals surface area contributed by atoms with E-state index in [1.807, 2.05) is 30.0 Å². The van der Waals surface area contributed by atoms with Gasteiger partial charge in [-0.1, -0.05) is 12.1 Å². The first kappa shape index (κ1) is 34.5. The van der Waals surface area contributed by atoms with Gasteiger partial charge in [0.05, 0.1) is 18.9 Å². The number of rotatable bonds is 14. The van der Waals surface area contributed by atoms with Gasteiger partial charge in [0.1, 0.15) is 11.5 Å². The summed E-state index contributed by atoms with van der Waals surface area (Å²) in [7, 11) is 5.73. The molecule has 10 nitrogen and oxygen atoms in total. The van der Waals surface area contributed by atoms with Gasteiger partial charge in [-0.25, -0.2) is 0 Å². The van der Waals surface area contributed by atoms with E-state index in [-0.39, 0.29) is 30.1 Å². The molecule has 0 aromatic heterocycles. The summed E-state index contributed by atoms with van der Waals surface area (Å²) in [6.45, 7) is 4.28. The molecule has 0 saturated carbocycles. The number of aromatic hydroxyl groups is 1. The molecule has 0 unspecified atom stereocenters. The van der Waals surface area contributed by atoms with E-state index in [4.69, 9.17) is 9.47 Å². The first-order valence-corrected chi connectivity index (χ1v) is 15.9. The van der Waals surface area contributed by atoms with Gasteiger partial charge in [0.25, 0.3) is 11.8 Å². The highest BCUT2D eigenvalue weighted by molar-refractivity contribution is 6.07. The molecule has 1 aliphatic heterocycles. The number of hydrogen-bond donors (Lipinski definition) is 3. The highest BCUT2D eigenvalue weighted by Crippen LogP contribution is 2.28. The van der Waals surface area contributed by atoms with Crippen LogP contribution in [0.2, 0.25) is 0 Å². The van der Waals surface area contributed by atoms with Gasteiger partial charge < -0.3 is 35.0 Å². The lowest BCUT2D eigenvalue weighted by atomic mass is 10.0. The van der Waals surface area contributed by atoms with Gasteiger partial charge >= 0.3 is 0 Å². The van der Waals surface area contributed by atoms with Gasteiger partial charge in [0, 0.05) is 55.0 Å². The summed E-state index contributed by atoms with van der Waals surface area (Å²) in [6, 6.07) is 17.2. The van der Waals surface area contributed by atoms with Crippen LogP contribution in [0.4, 0.5) is 11.4 Å². The number of piperidine rings is 1. The first-order chi connectivity index (χ1) is 22.1. The monoisotopic (exact) mass is 630 g/mol. The van der Waals surface area contributed by atoms with Crippen LogP contribution in [0.5, 0.6) is 11.5 Å². The van der Waals surface area contributed by atoms with Crippen molar-refractivity contribution in [3.8, 4) is 11.5 Å². The highest BCUT2D eigenvalue weighted by atomic mass is 16.5. The Hall–Kier alpha value is -4.41. The SMILES string of the molecule is COCc1cc(C(=O)Nc2ccc(C)cc2OCCCCCC(=O)N2CCC(N(C)C)CC2)ccc1NC(=O)c1cccc(O)c1. The molecule has 0 radical (unpaired) electrons. The van der Waals surface area contributed by atoms with E-state index >= 15 is 0 Å². The molecule has 10 heteroatoms. The third-order valence-corrected chi connectivity index (χ3v) is 8.25. The number of anilines is 2. The van der Waals surface area contributed by atoms with Crippen molar-refractivity contribution in [2.24, 2.45) is 0 Å². The molecule has 1 aliphatic rings. The molecule has 46 heavy (non-hydrogen) atoms. The van der Waals surface area contributed by atoms with Crippen molar-refractivity contribution in [3.05, 3.63) is 82.9 Å². The van der Waals surface area contributed by atoms with Crippen LogP contribution in [-0.4, -0.2) is 79.6 Å². The molecule has 0 bridgehead atoms. The second-order valence-corrected chi connectivity index (χ2v) is 12.0. The van der Waals surface area contributed by atoms with E-state index in [0.29, 0.717) is 52.9 Å². The molecular formula is C36H46N4O6. The van der Waals surface area contributed by atoms with Crippen LogP contribution in [0.1, 0.15) is 70.4 Å². The summed E-state index contributed by atoms with van der Waals surface area (Å²) in [6.07, 6.45) is 5.11. The number of carbonyl (C=O) groups is 3. The number of phenols is 1. The Morgan fingerprint density at radius 2 is 1.59 bits per heavy atom. The zero-order valence-corrected chi connectivity index (χ0v) is 27.3. The molecular weight excluding hydrogens is 584 g/mol. The Balaban J connectivity index is 1.29. The van der Waals surface area contributed by atoms with Gasteiger partial charge in [-0.3, -0.25) is 14.4 Å². The van der Waals surface area contributed by atoms with Gasteiger partial charge in [-0.05, 0) is 107 Å². The Kier molecular flexibility index (Phi) is 12.6. The van der Waals surface area contributed by atoms with Gasteiger partial charge in [-0.2, -0.15) is 0 Å². The van der Waals surface area contributed by atoms with Crippen LogP contribution in [0, 0.1) is 6.92 Å². The van der Waals surface area contributed by atoms with Crippen molar-refractivity contribution in [1.82, 2.24) is 9.80 Å². The minimum Gasteiger partial charge on any atom is -0.508 e. The molecule has 0 aliphatic carbocycles. The minimum absolute atomic E-state index is 0.00497. The molecule has 4 rings (SSSR count). The lowest BCUT2D eigenvalue weighted by Gasteiger charge is -2.35. The fourth-order valence-electron chi connectivity index (χ4n) is 5.55. The number of unbranched alkanes of at least 4 members (excludes halogenated alkanes) is 2. The number of likely N-dealkylation sites (tertiary alicyclic amines) is 1. The molecule has 1 heterocycles. The number of benzene rings is 3. The number of aryl methyl sites for hydroxylation is 1. The van der Waals surface area contributed by atoms with Crippen LogP contribution in [0.25, 0.3) is 0 Å². The zero-order valence-electron chi connectivity index (χ0n) is 27.3. The van der Waals surface area contributed by atoms with E-state index in [2.05, 4.69) is 29.6 Å². The van der Waals surface area contributed by atoms with Crippen molar-refractivity contribution in [2.75, 3.05) is 51.5 Å². The lowest BCUT2D eigenvalue weighted by Crippen LogP contribution is -2.44. The van der Waals surface area contributed by atoms with Crippen LogP contribution in [0.15, 0.2) is 60.7 Å². The number of amides is 3. The summed E-state index contributed by atoms with van der Waals surface area (Å²) in [5, 5.41) is 15.5. The highest BCUT2D eigenvalue weighted by Gasteiger charge is 2.23. The fraction of sp³-hybridized carbons (Fsp3) is 0.417. The second-order valence-electron chi connectivity index (χ2n) is 12.0. The predicted molar refractivity (Wildman–Crippen MR) is 180 cm³/mol. The van der Waals surface area contributed by atoms with Gasteiger partial charge in [0.15, 0.2) is 0 Å². The number of nitrogens with zero attached hydrogens (tertiary/aromatic N) is 2. The predicted octanol–water partition coefficient (Wildman–Crippen LogP) is 5.84. The summed E-state index contributed by atoms with van der Waals surface area (Å²) < 4.78 is 11.4. The topological polar surface area (TPSA) is 120 Å². The maximum absolute atomic E-state index is 13.3. The maximum atomic E-state index is 13.3. The number of carbonyl (C=O) groups excluding carboxylic acids is 3. The van der Waals surface area contributed by atoms with Crippen LogP contribution in [0.3, 0.4) is 0 Å². The van der Waals surface area contributed by atoms with E-state index in [9.17, 15) is 19.5 Å². The third kappa shape index (κ3) is 9.79. The lowest BCUT2D eigenvalue weighted by molar-refractivity contribution is -0.132. The first-order valence-electron chi connectivity index (χ1n) is 15.9. The summed E-state index contributed by atoms with van der Waals surface area (Å²) in [4.78, 5) is 42.9. The fourth-order valence-corrected chi connectivity index (χ4v) is 5.55. The van der Waals surface area contributed by atoms with Crippen molar-refractivity contribution in [2.45, 2.75) is 58.1 Å². The number of phenolic OH excluding ortho intramolecular Hbond substituents is 1. The Bertz CT molecular complexity index is 1500. The number of methoxy groups -OCH3 is 1. The normalized spacial score (nSPS) is 13.5. The van der Waals surface area contributed by atoms with Crippen molar-refractivity contribution < 1.29 is 29.0 Å². The smallest absolute Gasteiger partial charge is 0.255 e. The van der Waals surface area contributed by atoms with E-state index in [1.54, 1.807) is 30.3 Å². The molecule has 3 N–H and O–H groups in total.